The van der Waals surface area contributed by atoms with Gasteiger partial charge in [-0.3, -0.25) is 9.52 Å². The number of hydrogen-bond donors (Lipinski definition) is 3. The number of benzene rings is 2. The minimum atomic E-state index is -3.77. The molecule has 0 aliphatic rings. The number of thiophene rings is 1. The van der Waals surface area contributed by atoms with Crippen molar-refractivity contribution in [2.75, 3.05) is 25.5 Å². The van der Waals surface area contributed by atoms with Gasteiger partial charge in [-0.25, -0.2) is 8.42 Å². The van der Waals surface area contributed by atoms with Crippen molar-refractivity contribution in [1.82, 2.24) is 10.3 Å². The van der Waals surface area contributed by atoms with Gasteiger partial charge in [0.2, 0.25) is 0 Å². The molecule has 3 N–H and O–H groups in total. The summed E-state index contributed by atoms with van der Waals surface area (Å²) in [6.07, 6.45) is -0.504. The molecule has 1 unspecified atom stereocenters. The van der Waals surface area contributed by atoms with E-state index in [2.05, 4.69) is 27.2 Å². The van der Waals surface area contributed by atoms with Gasteiger partial charge < -0.3 is 19.8 Å². The van der Waals surface area contributed by atoms with Gasteiger partial charge in [0, 0.05) is 31.9 Å². The first-order chi connectivity index (χ1) is 18.2. The lowest BCUT2D eigenvalue weighted by atomic mass is 10.1. The Balaban J connectivity index is 1.51. The van der Waals surface area contributed by atoms with Crippen molar-refractivity contribution in [3.63, 3.8) is 0 Å². The van der Waals surface area contributed by atoms with Crippen LogP contribution in [0.4, 0.5) is 5.69 Å². The zero-order valence-corrected chi connectivity index (χ0v) is 24.1. The second-order valence-electron chi connectivity index (χ2n) is 8.84. The normalized spacial score (nSPS) is 12.7. The van der Waals surface area contributed by atoms with Crippen LogP contribution in [-0.2, 0) is 25.2 Å². The molecule has 4 rings (SSSR count). The average molecular weight is 574 g/mol. The van der Waals surface area contributed by atoms with Crippen LogP contribution in [0.15, 0.2) is 64.2 Å². The van der Waals surface area contributed by atoms with Crippen LogP contribution in [0.1, 0.15) is 27.2 Å². The Hall–Kier alpha value is -2.83. The zero-order valence-electron chi connectivity index (χ0n) is 21.6. The summed E-state index contributed by atoms with van der Waals surface area (Å²) in [5, 5.41) is 5.29. The Morgan fingerprint density at radius 3 is 2.47 bits per heavy atom. The number of fused-ring (bicyclic) bond motifs is 1. The van der Waals surface area contributed by atoms with Crippen molar-refractivity contribution < 1.29 is 22.7 Å². The summed E-state index contributed by atoms with van der Waals surface area (Å²) in [7, 11) is -0.617. The van der Waals surface area contributed by atoms with Gasteiger partial charge in [0.15, 0.2) is 6.29 Å². The fraction of sp³-hybridized carbons (Fsp3) is 0.296. The van der Waals surface area contributed by atoms with E-state index in [4.69, 9.17) is 9.47 Å². The Bertz CT molecular complexity index is 1490. The van der Waals surface area contributed by atoms with Gasteiger partial charge in [-0.15, -0.1) is 23.1 Å². The van der Waals surface area contributed by atoms with Crippen LogP contribution in [0.2, 0.25) is 0 Å². The summed E-state index contributed by atoms with van der Waals surface area (Å²) in [5.74, 6) is 0.432. The molecule has 11 heteroatoms. The molecule has 8 nitrogen and oxygen atoms in total. The lowest BCUT2D eigenvalue weighted by molar-refractivity contribution is -0.101. The molecule has 2 aromatic carbocycles. The van der Waals surface area contributed by atoms with Gasteiger partial charge in [0.25, 0.3) is 15.9 Å². The first-order valence-electron chi connectivity index (χ1n) is 11.9. The summed E-state index contributed by atoms with van der Waals surface area (Å²) in [6, 6.07) is 17.2. The summed E-state index contributed by atoms with van der Waals surface area (Å²) in [4.78, 5) is 16.2. The molecule has 0 aliphatic carbocycles. The van der Waals surface area contributed by atoms with E-state index in [0.717, 1.165) is 16.7 Å². The van der Waals surface area contributed by atoms with E-state index >= 15 is 0 Å². The number of aromatic amines is 1. The lowest BCUT2D eigenvalue weighted by Gasteiger charge is -2.24. The van der Waals surface area contributed by atoms with E-state index < -0.39 is 16.3 Å². The van der Waals surface area contributed by atoms with Crippen LogP contribution in [0.25, 0.3) is 10.9 Å². The van der Waals surface area contributed by atoms with Crippen LogP contribution in [0.5, 0.6) is 0 Å². The molecular formula is C27H31N3O5S3. The molecule has 0 spiro atoms. The molecule has 4 aromatic rings. The highest BCUT2D eigenvalue weighted by Crippen LogP contribution is 2.30. The highest BCUT2D eigenvalue weighted by molar-refractivity contribution is 7.99. The Morgan fingerprint density at radius 2 is 1.82 bits per heavy atom. The number of rotatable bonds is 12. The largest absolute Gasteiger partial charge is 0.355 e. The van der Waals surface area contributed by atoms with Gasteiger partial charge in [-0.1, -0.05) is 30.3 Å². The molecule has 202 valence electrons. The van der Waals surface area contributed by atoms with Crippen LogP contribution < -0.4 is 10.0 Å². The van der Waals surface area contributed by atoms with Crippen molar-refractivity contribution in [2.45, 2.75) is 35.3 Å². The topological polar surface area (TPSA) is 110 Å². The van der Waals surface area contributed by atoms with Crippen LogP contribution in [-0.4, -0.2) is 51.6 Å². The predicted octanol–water partition coefficient (Wildman–Crippen LogP) is 5.30. The maximum atomic E-state index is 13.1. The van der Waals surface area contributed by atoms with Crippen molar-refractivity contribution in [3.05, 3.63) is 82.4 Å². The minimum Gasteiger partial charge on any atom is -0.355 e. The van der Waals surface area contributed by atoms with Gasteiger partial charge in [-0.05, 0) is 60.2 Å². The summed E-state index contributed by atoms with van der Waals surface area (Å²) < 4.78 is 40.0. The number of anilines is 1. The van der Waals surface area contributed by atoms with E-state index in [1.54, 1.807) is 56.5 Å². The lowest BCUT2D eigenvalue weighted by Crippen LogP contribution is -2.39. The number of ether oxygens (including phenoxy) is 2. The van der Waals surface area contributed by atoms with Crippen LogP contribution in [0, 0.1) is 13.8 Å². The van der Waals surface area contributed by atoms with Crippen molar-refractivity contribution >= 4 is 55.6 Å². The van der Waals surface area contributed by atoms with Crippen molar-refractivity contribution in [3.8, 4) is 0 Å². The number of aromatic nitrogens is 1. The van der Waals surface area contributed by atoms with Gasteiger partial charge in [0.1, 0.15) is 9.90 Å². The second kappa shape index (κ2) is 12.4. The Kier molecular flexibility index (Phi) is 9.16. The molecule has 1 atom stereocenters. The standard InChI is InChI=1S/C27H31N3O5S3/c1-17-12-20-14-22(29-24(20)21(13-17)30-38(32,33)27-18(2)10-11-36-27)25(31)28-15-23(26(34-3)35-4)37-16-19-8-6-5-7-9-19/h5-14,23,26,29-30H,15-16H2,1-4H3,(H,28,31). The first-order valence-corrected chi connectivity index (χ1v) is 15.3. The third-order valence-corrected chi connectivity index (χ3v) is 10.3. The third kappa shape index (κ3) is 6.59. The molecule has 0 fully saturated rings. The summed E-state index contributed by atoms with van der Waals surface area (Å²) in [5.41, 5.74) is 3.98. The number of H-pyrrole nitrogens is 1. The fourth-order valence-corrected chi connectivity index (χ4v) is 7.78. The molecule has 38 heavy (non-hydrogen) atoms. The number of sulfonamides is 1. The summed E-state index contributed by atoms with van der Waals surface area (Å²) >= 11 is 2.80. The Labute approximate surface area is 231 Å². The summed E-state index contributed by atoms with van der Waals surface area (Å²) in [6.45, 7) is 3.95. The molecule has 0 aliphatic heterocycles. The van der Waals surface area contributed by atoms with Crippen molar-refractivity contribution in [1.29, 1.82) is 0 Å². The number of nitrogens with one attached hydrogen (secondary N) is 3. The maximum Gasteiger partial charge on any atom is 0.271 e. The molecule has 0 bridgehead atoms. The number of carbonyl (C=O) groups is 1. The highest BCUT2D eigenvalue weighted by Gasteiger charge is 2.24. The monoisotopic (exact) mass is 573 g/mol. The maximum absolute atomic E-state index is 13.1. The van der Waals surface area contributed by atoms with Gasteiger partial charge in [0.05, 0.1) is 16.5 Å². The van der Waals surface area contributed by atoms with Crippen LogP contribution >= 0.6 is 23.1 Å². The van der Waals surface area contributed by atoms with Crippen LogP contribution in [0.3, 0.4) is 0 Å². The smallest absolute Gasteiger partial charge is 0.271 e. The number of carbonyl (C=O) groups excluding carboxylic acids is 1. The number of thioether (sulfide) groups is 1. The van der Waals surface area contributed by atoms with E-state index in [-0.39, 0.29) is 15.4 Å². The van der Waals surface area contributed by atoms with Crippen molar-refractivity contribution in [2.24, 2.45) is 0 Å². The minimum absolute atomic E-state index is 0.155. The number of hydrogen-bond acceptors (Lipinski definition) is 7. The molecule has 0 radical (unpaired) electrons. The fourth-order valence-electron chi connectivity index (χ4n) is 4.12. The SMILES string of the molecule is COC(OC)C(CNC(=O)c1cc2cc(C)cc(NS(=O)(=O)c3sccc3C)c2[nH]1)SCc1ccccc1. The zero-order chi connectivity index (χ0) is 27.3. The predicted molar refractivity (Wildman–Crippen MR) is 155 cm³/mol. The third-order valence-electron chi connectivity index (χ3n) is 5.96. The quantitative estimate of drug-likeness (QED) is 0.199. The van der Waals surface area contributed by atoms with E-state index in [9.17, 15) is 13.2 Å². The average Bonchev–Trinajstić information content (AvgIpc) is 3.53. The van der Waals surface area contributed by atoms with E-state index in [1.165, 1.54) is 16.9 Å². The number of aryl methyl sites for hydroxylation is 2. The van der Waals surface area contributed by atoms with Gasteiger partial charge in [-0.2, -0.15) is 0 Å². The van der Waals surface area contributed by atoms with E-state index in [0.29, 0.717) is 29.0 Å². The Morgan fingerprint density at radius 1 is 1.08 bits per heavy atom. The molecular weight excluding hydrogens is 543 g/mol. The molecule has 1 amide bonds. The molecule has 0 saturated heterocycles. The number of methoxy groups -OCH3 is 2. The number of amides is 1. The van der Waals surface area contributed by atoms with Gasteiger partial charge >= 0.3 is 0 Å². The first kappa shape index (κ1) is 28.2. The highest BCUT2D eigenvalue weighted by atomic mass is 32.2. The molecule has 2 heterocycles. The molecule has 0 saturated carbocycles. The van der Waals surface area contributed by atoms with E-state index in [1.807, 2.05) is 31.2 Å². The molecule has 2 aromatic heterocycles. The second-order valence-corrected chi connectivity index (χ2v) is 12.9.